The van der Waals surface area contributed by atoms with E-state index in [1.165, 1.54) is 9.80 Å². The largest absolute Gasteiger partial charge is 0.480 e. The number of rotatable bonds is 20. The van der Waals surface area contributed by atoms with Crippen molar-refractivity contribution in [2.75, 3.05) is 52.4 Å². The molecule has 0 atom stereocenters. The second-order valence-corrected chi connectivity index (χ2v) is 8.37. The molecule has 0 aromatic heterocycles. The second-order valence-electron chi connectivity index (χ2n) is 8.37. The van der Waals surface area contributed by atoms with Gasteiger partial charge in [0, 0.05) is 32.6 Å². The molecule has 0 fully saturated rings. The summed E-state index contributed by atoms with van der Waals surface area (Å²) in [7, 11) is 0. The van der Waals surface area contributed by atoms with Gasteiger partial charge in [-0.2, -0.15) is 0 Å². The maximum Gasteiger partial charge on any atom is 0.323 e. The quantitative estimate of drug-likeness (QED) is 0.179. The minimum Gasteiger partial charge on any atom is -0.480 e. The number of carbonyl (C=O) groups is 5. The molecule has 0 radical (unpaired) electrons. The van der Waals surface area contributed by atoms with Gasteiger partial charge >= 0.3 is 23.9 Å². The van der Waals surface area contributed by atoms with E-state index in [0.717, 1.165) is 24.2 Å². The Hall–Kier alpha value is -2.73. The molecule has 0 aliphatic heterocycles. The van der Waals surface area contributed by atoms with Crippen LogP contribution in [0.1, 0.15) is 46.0 Å². The summed E-state index contributed by atoms with van der Waals surface area (Å²) in [5, 5.41) is 36.1. The summed E-state index contributed by atoms with van der Waals surface area (Å²) in [6, 6.07) is 0. The van der Waals surface area contributed by atoms with Gasteiger partial charge in [0.05, 0.1) is 19.6 Å². The van der Waals surface area contributed by atoms with E-state index < -0.39 is 50.1 Å². The average molecular weight is 476 g/mol. The summed E-state index contributed by atoms with van der Waals surface area (Å²) >= 11 is 0. The molecule has 33 heavy (non-hydrogen) atoms. The first-order valence-corrected chi connectivity index (χ1v) is 11.0. The van der Waals surface area contributed by atoms with Crippen LogP contribution in [0.15, 0.2) is 0 Å². The van der Waals surface area contributed by atoms with Crippen LogP contribution in [-0.2, 0) is 24.0 Å². The summed E-state index contributed by atoms with van der Waals surface area (Å²) in [5.74, 6) is -4.51. The molecular formula is C21H37N3O9. The molecule has 12 nitrogen and oxygen atoms in total. The molecule has 0 rings (SSSR count). The lowest BCUT2D eigenvalue weighted by Gasteiger charge is -2.28. The Balaban J connectivity index is 4.92. The summed E-state index contributed by atoms with van der Waals surface area (Å²) in [6.45, 7) is 2.33. The van der Waals surface area contributed by atoms with E-state index in [-0.39, 0.29) is 38.5 Å². The molecule has 0 spiro atoms. The molecule has 12 heteroatoms. The standard InChI is InChI=1S/C21H37N3O9/c1-16(2)6-4-3-5-7-17(25)24(15-21(32)33)11-10-22(12-18(26)27)8-9-23(13-19(28)29)14-20(30)31/h16H,3-15H2,1-2H3,(H,26,27)(H,28,29)(H,30,31)(H,32,33). The molecule has 0 aromatic carbocycles. The average Bonchev–Trinajstić information content (AvgIpc) is 2.66. The van der Waals surface area contributed by atoms with Crippen molar-refractivity contribution in [1.82, 2.24) is 14.7 Å². The Morgan fingerprint density at radius 3 is 1.55 bits per heavy atom. The highest BCUT2D eigenvalue weighted by molar-refractivity contribution is 5.81. The molecule has 190 valence electrons. The lowest BCUT2D eigenvalue weighted by atomic mass is 10.0. The van der Waals surface area contributed by atoms with E-state index in [2.05, 4.69) is 13.8 Å². The fourth-order valence-electron chi connectivity index (χ4n) is 3.22. The highest BCUT2D eigenvalue weighted by Gasteiger charge is 2.20. The second kappa shape index (κ2) is 16.8. The maximum atomic E-state index is 12.5. The van der Waals surface area contributed by atoms with Gasteiger partial charge in [0.1, 0.15) is 6.54 Å². The van der Waals surface area contributed by atoms with Crippen LogP contribution in [0.3, 0.4) is 0 Å². The number of hydrogen-bond donors (Lipinski definition) is 4. The number of amides is 1. The van der Waals surface area contributed by atoms with Crippen molar-refractivity contribution in [1.29, 1.82) is 0 Å². The normalized spacial score (nSPS) is 11.2. The van der Waals surface area contributed by atoms with E-state index >= 15 is 0 Å². The van der Waals surface area contributed by atoms with Crippen molar-refractivity contribution in [3.05, 3.63) is 0 Å². The zero-order valence-corrected chi connectivity index (χ0v) is 19.4. The summed E-state index contributed by atoms with van der Waals surface area (Å²) in [5.41, 5.74) is 0. The van der Waals surface area contributed by atoms with Crippen molar-refractivity contribution in [3.8, 4) is 0 Å². The predicted octanol–water partition coefficient (Wildman–Crippen LogP) is 0.364. The van der Waals surface area contributed by atoms with E-state index in [0.29, 0.717) is 12.3 Å². The minimum atomic E-state index is -1.22. The van der Waals surface area contributed by atoms with Crippen LogP contribution >= 0.6 is 0 Å². The Bertz CT molecular complexity index is 639. The van der Waals surface area contributed by atoms with E-state index in [1.54, 1.807) is 0 Å². The third-order valence-corrected chi connectivity index (χ3v) is 4.85. The predicted molar refractivity (Wildman–Crippen MR) is 118 cm³/mol. The van der Waals surface area contributed by atoms with Crippen LogP contribution in [0.2, 0.25) is 0 Å². The van der Waals surface area contributed by atoms with Gasteiger partial charge in [-0.05, 0) is 12.3 Å². The van der Waals surface area contributed by atoms with Crippen LogP contribution < -0.4 is 0 Å². The van der Waals surface area contributed by atoms with E-state index in [9.17, 15) is 24.0 Å². The van der Waals surface area contributed by atoms with Crippen molar-refractivity contribution in [2.45, 2.75) is 46.0 Å². The van der Waals surface area contributed by atoms with E-state index in [4.69, 9.17) is 20.4 Å². The van der Waals surface area contributed by atoms with Crippen molar-refractivity contribution < 1.29 is 44.4 Å². The monoisotopic (exact) mass is 475 g/mol. The minimum absolute atomic E-state index is 0.0116. The first kappa shape index (κ1) is 30.3. The summed E-state index contributed by atoms with van der Waals surface area (Å²) in [6.07, 6.45) is 3.74. The summed E-state index contributed by atoms with van der Waals surface area (Å²) < 4.78 is 0. The van der Waals surface area contributed by atoms with Crippen LogP contribution in [0.5, 0.6) is 0 Å². The van der Waals surface area contributed by atoms with Crippen LogP contribution in [0.25, 0.3) is 0 Å². The number of unbranched alkanes of at least 4 members (excludes halogenated alkanes) is 2. The fraction of sp³-hybridized carbons (Fsp3) is 0.762. The van der Waals surface area contributed by atoms with Gasteiger partial charge in [0.2, 0.25) is 5.91 Å². The van der Waals surface area contributed by atoms with Gasteiger partial charge in [-0.15, -0.1) is 0 Å². The number of hydrogen-bond acceptors (Lipinski definition) is 7. The van der Waals surface area contributed by atoms with Gasteiger partial charge in [-0.1, -0.05) is 33.1 Å². The van der Waals surface area contributed by atoms with Crippen molar-refractivity contribution in [2.24, 2.45) is 5.92 Å². The smallest absolute Gasteiger partial charge is 0.323 e. The Morgan fingerprint density at radius 2 is 1.06 bits per heavy atom. The molecule has 0 aliphatic carbocycles. The van der Waals surface area contributed by atoms with E-state index in [1.807, 2.05) is 0 Å². The topological polar surface area (TPSA) is 176 Å². The zero-order chi connectivity index (χ0) is 25.4. The first-order valence-electron chi connectivity index (χ1n) is 11.0. The molecule has 0 aromatic rings. The van der Waals surface area contributed by atoms with Gasteiger partial charge in [-0.3, -0.25) is 33.8 Å². The van der Waals surface area contributed by atoms with Gasteiger partial charge in [0.15, 0.2) is 0 Å². The number of carboxylic acids is 4. The third-order valence-electron chi connectivity index (χ3n) is 4.85. The highest BCUT2D eigenvalue weighted by Crippen LogP contribution is 2.10. The Kier molecular flexibility index (Phi) is 15.4. The lowest BCUT2D eigenvalue weighted by Crippen LogP contribution is -2.45. The molecule has 4 N–H and O–H groups in total. The molecule has 0 heterocycles. The SMILES string of the molecule is CC(C)CCCCCC(=O)N(CCN(CCN(CC(=O)O)CC(=O)O)CC(=O)O)CC(=O)O. The van der Waals surface area contributed by atoms with Gasteiger partial charge < -0.3 is 25.3 Å². The summed E-state index contributed by atoms with van der Waals surface area (Å²) in [4.78, 5) is 60.5. The Morgan fingerprint density at radius 1 is 0.606 bits per heavy atom. The number of nitrogens with zero attached hydrogens (tertiary/aromatic N) is 3. The van der Waals surface area contributed by atoms with Crippen LogP contribution in [-0.4, -0.2) is 117 Å². The van der Waals surface area contributed by atoms with Gasteiger partial charge in [-0.25, -0.2) is 0 Å². The third kappa shape index (κ3) is 17.5. The zero-order valence-electron chi connectivity index (χ0n) is 19.4. The molecule has 1 amide bonds. The molecule has 0 bridgehead atoms. The number of aliphatic carboxylic acids is 4. The maximum absolute atomic E-state index is 12.5. The highest BCUT2D eigenvalue weighted by atomic mass is 16.4. The molecular weight excluding hydrogens is 438 g/mol. The Labute approximate surface area is 193 Å². The van der Waals surface area contributed by atoms with Gasteiger partial charge in [0.25, 0.3) is 0 Å². The molecule has 0 aliphatic rings. The number of carbonyl (C=O) groups excluding carboxylic acids is 1. The molecule has 0 unspecified atom stereocenters. The van der Waals surface area contributed by atoms with Crippen LogP contribution in [0, 0.1) is 5.92 Å². The van der Waals surface area contributed by atoms with Crippen molar-refractivity contribution >= 4 is 29.8 Å². The fourth-order valence-corrected chi connectivity index (χ4v) is 3.22. The number of carboxylic acid groups (broad SMARTS) is 4. The van der Waals surface area contributed by atoms with Crippen molar-refractivity contribution in [3.63, 3.8) is 0 Å². The van der Waals surface area contributed by atoms with Crippen LogP contribution in [0.4, 0.5) is 0 Å². The first-order chi connectivity index (χ1) is 15.4. The molecule has 0 saturated carbocycles. The lowest BCUT2D eigenvalue weighted by molar-refractivity contribution is -0.145. The molecule has 0 saturated heterocycles.